The molecule has 94 valence electrons. The maximum absolute atomic E-state index is 11.8. The van der Waals surface area contributed by atoms with Gasteiger partial charge in [-0.05, 0) is 12.8 Å². The maximum Gasteiger partial charge on any atom is 0.322 e. The summed E-state index contributed by atoms with van der Waals surface area (Å²) in [7, 11) is 0. The van der Waals surface area contributed by atoms with Gasteiger partial charge in [0.2, 0.25) is 5.91 Å². The Hall–Kier alpha value is -1.11. The van der Waals surface area contributed by atoms with Crippen LogP contribution < -0.4 is 10.6 Å². The third kappa shape index (κ3) is 2.29. The Labute approximate surface area is 107 Å². The third-order valence-corrected chi connectivity index (χ3v) is 3.56. The average molecular weight is 304 g/mol. The molecule has 0 saturated carbocycles. The second-order valence-electron chi connectivity index (χ2n) is 4.35. The van der Waals surface area contributed by atoms with Gasteiger partial charge in [0.05, 0.1) is 6.54 Å². The molecule has 2 rings (SSSR count). The number of hydrogen-bond donors (Lipinski definition) is 2. The first-order valence-electron chi connectivity index (χ1n) is 5.55. The Morgan fingerprint density at radius 3 is 2.82 bits per heavy atom. The van der Waals surface area contributed by atoms with Gasteiger partial charge in [0, 0.05) is 18.3 Å². The summed E-state index contributed by atoms with van der Waals surface area (Å²) in [6, 6.07) is -0.468. The number of nitrogens with zero attached hydrogens (tertiary/aromatic N) is 1. The minimum absolute atomic E-state index is 0.00917. The van der Waals surface area contributed by atoms with Crippen molar-refractivity contribution in [2.24, 2.45) is 0 Å². The average Bonchev–Trinajstić information content (AvgIpc) is 2.54. The molecule has 6 nitrogen and oxygen atoms in total. The number of alkyl halides is 1. The number of urea groups is 1. The summed E-state index contributed by atoms with van der Waals surface area (Å²) in [6.45, 7) is 0.924. The smallest absolute Gasteiger partial charge is 0.322 e. The number of carbonyl (C=O) groups is 3. The third-order valence-electron chi connectivity index (χ3n) is 3.17. The van der Waals surface area contributed by atoms with Gasteiger partial charge in [0.25, 0.3) is 5.91 Å². The highest BCUT2D eigenvalue weighted by Gasteiger charge is 2.49. The molecule has 2 fully saturated rings. The van der Waals surface area contributed by atoms with Crippen LogP contribution in [0.2, 0.25) is 0 Å². The van der Waals surface area contributed by atoms with E-state index in [0.717, 1.165) is 6.42 Å². The van der Waals surface area contributed by atoms with E-state index >= 15 is 0 Å². The second kappa shape index (κ2) is 4.64. The van der Waals surface area contributed by atoms with Crippen molar-refractivity contribution in [3.8, 4) is 0 Å². The first-order chi connectivity index (χ1) is 8.07. The van der Waals surface area contributed by atoms with Crippen molar-refractivity contribution < 1.29 is 14.4 Å². The number of rotatable bonds is 2. The van der Waals surface area contributed by atoms with Crippen LogP contribution >= 0.6 is 15.9 Å². The van der Waals surface area contributed by atoms with Crippen LogP contribution in [0.1, 0.15) is 19.3 Å². The number of halogens is 1. The van der Waals surface area contributed by atoms with Crippen LogP contribution in [0.4, 0.5) is 4.79 Å². The molecule has 0 bridgehead atoms. The lowest BCUT2D eigenvalue weighted by atomic mass is 9.89. The summed E-state index contributed by atoms with van der Waals surface area (Å²) >= 11 is 3.22. The van der Waals surface area contributed by atoms with E-state index in [0.29, 0.717) is 24.7 Å². The SMILES string of the molecule is O=C1NC(=O)C2(CCCN(C(=O)CCBr)C2)N1. The number of amides is 4. The number of likely N-dealkylation sites (tertiary alicyclic amines) is 1. The largest absolute Gasteiger partial charge is 0.340 e. The molecule has 1 spiro atoms. The number of carbonyl (C=O) groups excluding carboxylic acids is 3. The van der Waals surface area contributed by atoms with Crippen LogP contribution in [-0.2, 0) is 9.59 Å². The van der Waals surface area contributed by atoms with Gasteiger partial charge < -0.3 is 10.2 Å². The number of nitrogens with one attached hydrogen (secondary N) is 2. The summed E-state index contributed by atoms with van der Waals surface area (Å²) in [4.78, 5) is 36.3. The summed E-state index contributed by atoms with van der Waals surface area (Å²) in [5, 5.41) is 5.48. The van der Waals surface area contributed by atoms with E-state index in [1.807, 2.05) is 0 Å². The summed E-state index contributed by atoms with van der Waals surface area (Å²) < 4.78 is 0. The van der Waals surface area contributed by atoms with E-state index in [4.69, 9.17) is 0 Å². The van der Waals surface area contributed by atoms with E-state index in [9.17, 15) is 14.4 Å². The van der Waals surface area contributed by atoms with Crippen molar-refractivity contribution in [2.45, 2.75) is 24.8 Å². The van der Waals surface area contributed by atoms with Gasteiger partial charge in [-0.3, -0.25) is 14.9 Å². The van der Waals surface area contributed by atoms with E-state index in [2.05, 4.69) is 26.6 Å². The molecule has 2 saturated heterocycles. The zero-order valence-corrected chi connectivity index (χ0v) is 10.9. The zero-order chi connectivity index (χ0) is 12.5. The van der Waals surface area contributed by atoms with Gasteiger partial charge >= 0.3 is 6.03 Å². The Morgan fingerprint density at radius 1 is 1.47 bits per heavy atom. The van der Waals surface area contributed by atoms with Gasteiger partial charge in [-0.1, -0.05) is 15.9 Å². The molecule has 2 N–H and O–H groups in total. The molecule has 2 heterocycles. The summed E-state index contributed by atoms with van der Waals surface area (Å²) in [6.07, 6.45) is 1.72. The molecule has 2 aliphatic heterocycles. The van der Waals surface area contributed by atoms with Crippen LogP contribution in [0.15, 0.2) is 0 Å². The predicted octanol–water partition coefficient (Wildman–Crippen LogP) is -0.0280. The minimum atomic E-state index is -0.905. The van der Waals surface area contributed by atoms with Gasteiger partial charge in [-0.25, -0.2) is 4.79 Å². The van der Waals surface area contributed by atoms with Crippen molar-refractivity contribution in [3.63, 3.8) is 0 Å². The molecule has 0 radical (unpaired) electrons. The number of imide groups is 1. The van der Waals surface area contributed by atoms with E-state index < -0.39 is 11.6 Å². The van der Waals surface area contributed by atoms with Crippen LogP contribution in [-0.4, -0.2) is 46.7 Å². The topological polar surface area (TPSA) is 78.5 Å². The Morgan fingerprint density at radius 2 is 2.24 bits per heavy atom. The highest BCUT2D eigenvalue weighted by atomic mass is 79.9. The lowest BCUT2D eigenvalue weighted by Gasteiger charge is -2.38. The maximum atomic E-state index is 11.8. The molecule has 0 aromatic heterocycles. The Balaban J connectivity index is 2.09. The Kier molecular flexibility index (Phi) is 3.37. The molecular weight excluding hydrogens is 290 g/mol. The van der Waals surface area contributed by atoms with Crippen molar-refractivity contribution in [2.75, 3.05) is 18.4 Å². The van der Waals surface area contributed by atoms with Crippen LogP contribution in [0.5, 0.6) is 0 Å². The number of piperidine rings is 1. The fourth-order valence-corrected chi connectivity index (χ4v) is 2.66. The molecule has 0 aliphatic carbocycles. The highest BCUT2D eigenvalue weighted by molar-refractivity contribution is 9.09. The molecule has 7 heteroatoms. The highest BCUT2D eigenvalue weighted by Crippen LogP contribution is 2.24. The van der Waals surface area contributed by atoms with Gasteiger partial charge in [-0.2, -0.15) is 0 Å². The summed E-state index contributed by atoms with van der Waals surface area (Å²) in [5.74, 6) is -0.311. The van der Waals surface area contributed by atoms with E-state index in [1.54, 1.807) is 4.90 Å². The first kappa shape index (κ1) is 12.3. The molecule has 0 aromatic rings. The molecule has 0 aromatic carbocycles. The van der Waals surface area contributed by atoms with Crippen LogP contribution in [0, 0.1) is 0 Å². The van der Waals surface area contributed by atoms with Gasteiger partial charge in [-0.15, -0.1) is 0 Å². The van der Waals surface area contributed by atoms with Crippen molar-refractivity contribution in [1.82, 2.24) is 15.5 Å². The normalized spacial score (nSPS) is 28.2. The fraction of sp³-hybridized carbons (Fsp3) is 0.700. The molecule has 4 amide bonds. The fourth-order valence-electron chi connectivity index (χ4n) is 2.32. The second-order valence-corrected chi connectivity index (χ2v) is 5.14. The quantitative estimate of drug-likeness (QED) is 0.555. The zero-order valence-electron chi connectivity index (χ0n) is 9.29. The molecular formula is C10H14BrN3O3. The Bertz CT molecular complexity index is 374. The molecule has 2 aliphatic rings. The summed E-state index contributed by atoms with van der Waals surface area (Å²) in [5.41, 5.74) is -0.905. The molecule has 1 unspecified atom stereocenters. The standard InChI is InChI=1S/C10H14BrN3O3/c11-4-2-7(15)14-5-1-3-10(6-14)8(16)12-9(17)13-10/h1-6H2,(H2,12,13,16,17). The van der Waals surface area contributed by atoms with Crippen LogP contribution in [0.3, 0.4) is 0 Å². The molecule has 1 atom stereocenters. The minimum Gasteiger partial charge on any atom is -0.340 e. The lowest BCUT2D eigenvalue weighted by Crippen LogP contribution is -2.59. The van der Waals surface area contributed by atoms with Crippen molar-refractivity contribution in [3.05, 3.63) is 0 Å². The number of hydrogen-bond acceptors (Lipinski definition) is 3. The van der Waals surface area contributed by atoms with Crippen molar-refractivity contribution in [1.29, 1.82) is 0 Å². The van der Waals surface area contributed by atoms with E-state index in [-0.39, 0.29) is 18.4 Å². The van der Waals surface area contributed by atoms with Gasteiger partial charge in [0.1, 0.15) is 5.54 Å². The van der Waals surface area contributed by atoms with Crippen molar-refractivity contribution >= 4 is 33.8 Å². The predicted molar refractivity (Wildman–Crippen MR) is 63.6 cm³/mol. The van der Waals surface area contributed by atoms with Gasteiger partial charge in [0.15, 0.2) is 0 Å². The van der Waals surface area contributed by atoms with Crippen LogP contribution in [0.25, 0.3) is 0 Å². The monoisotopic (exact) mass is 303 g/mol. The first-order valence-corrected chi connectivity index (χ1v) is 6.67. The lowest BCUT2D eigenvalue weighted by molar-refractivity contribution is -0.135. The molecule has 17 heavy (non-hydrogen) atoms. The van der Waals surface area contributed by atoms with E-state index in [1.165, 1.54) is 0 Å².